The Morgan fingerprint density at radius 1 is 1.35 bits per heavy atom. The van der Waals surface area contributed by atoms with Crippen LogP contribution in [0.3, 0.4) is 0 Å². The molecule has 0 aliphatic carbocycles. The summed E-state index contributed by atoms with van der Waals surface area (Å²) in [5.41, 5.74) is 0.764. The number of aliphatic hydroxyl groups is 1. The third kappa shape index (κ3) is 4.44. The first-order chi connectivity index (χ1) is 9.08. The van der Waals surface area contributed by atoms with Crippen molar-refractivity contribution < 1.29 is 26.7 Å². The minimum Gasteiger partial charge on any atom is -0.395 e. The zero-order valence-corrected chi connectivity index (χ0v) is 12.9. The molecular weight excluding hydrogens is 363 g/mol. The van der Waals surface area contributed by atoms with Gasteiger partial charge in [0.25, 0.3) is 0 Å². The fraction of sp³-hybridized carbons (Fsp3) is 0.455. The highest BCUT2D eigenvalue weighted by Crippen LogP contribution is 2.28. The molecule has 0 saturated heterocycles. The van der Waals surface area contributed by atoms with E-state index >= 15 is 0 Å². The molecule has 0 atom stereocenters. The number of sulfonamides is 1. The van der Waals surface area contributed by atoms with E-state index in [0.29, 0.717) is 0 Å². The lowest BCUT2D eigenvalue weighted by atomic mass is 10.2. The lowest BCUT2D eigenvalue weighted by Gasteiger charge is -2.23. The molecule has 0 amide bonds. The highest BCUT2D eigenvalue weighted by atomic mass is 79.9. The first-order valence-electron chi connectivity index (χ1n) is 5.52. The Bertz CT molecular complexity index is 575. The molecule has 0 spiro atoms. The Balaban J connectivity index is 3.22. The van der Waals surface area contributed by atoms with Crippen LogP contribution in [0.15, 0.2) is 27.6 Å². The summed E-state index contributed by atoms with van der Waals surface area (Å²) in [7, 11) is -4.34. The van der Waals surface area contributed by atoms with Gasteiger partial charge in [-0.05, 0) is 40.5 Å². The number of hydrogen-bond acceptors (Lipinski definition) is 3. The zero-order chi connectivity index (χ0) is 15.6. The van der Waals surface area contributed by atoms with Crippen LogP contribution in [0.5, 0.6) is 0 Å². The van der Waals surface area contributed by atoms with Gasteiger partial charge in [-0.1, -0.05) is 6.07 Å². The maximum atomic E-state index is 12.4. The van der Waals surface area contributed by atoms with Gasteiger partial charge in [-0.2, -0.15) is 17.5 Å². The van der Waals surface area contributed by atoms with E-state index < -0.39 is 35.9 Å². The molecule has 0 bridgehead atoms. The van der Waals surface area contributed by atoms with Crippen LogP contribution in [0.2, 0.25) is 0 Å². The van der Waals surface area contributed by atoms with E-state index in [1.54, 1.807) is 6.92 Å². The summed E-state index contributed by atoms with van der Waals surface area (Å²) in [5.74, 6) is 0. The molecule has 9 heteroatoms. The molecule has 0 saturated carbocycles. The van der Waals surface area contributed by atoms with Crippen molar-refractivity contribution in [3.63, 3.8) is 0 Å². The zero-order valence-electron chi connectivity index (χ0n) is 10.5. The SMILES string of the molecule is Cc1ccc(S(=O)(=O)N(CCO)CC(F)(F)F)c(Br)c1. The minimum absolute atomic E-state index is 0.183. The van der Waals surface area contributed by atoms with Crippen LogP contribution in [0.25, 0.3) is 0 Å². The molecule has 4 nitrogen and oxygen atoms in total. The summed E-state index contributed by atoms with van der Waals surface area (Å²) in [6.07, 6.45) is -4.68. The molecule has 1 aromatic carbocycles. The van der Waals surface area contributed by atoms with Crippen molar-refractivity contribution in [2.75, 3.05) is 19.7 Å². The van der Waals surface area contributed by atoms with Crippen LogP contribution in [0, 0.1) is 6.92 Å². The van der Waals surface area contributed by atoms with Crippen molar-refractivity contribution in [3.05, 3.63) is 28.2 Å². The number of rotatable bonds is 5. The van der Waals surface area contributed by atoms with Gasteiger partial charge in [0.15, 0.2) is 0 Å². The van der Waals surface area contributed by atoms with Crippen molar-refractivity contribution in [2.24, 2.45) is 0 Å². The minimum atomic E-state index is -4.68. The van der Waals surface area contributed by atoms with E-state index in [1.807, 2.05) is 0 Å². The van der Waals surface area contributed by atoms with E-state index in [4.69, 9.17) is 5.11 Å². The second-order valence-corrected chi connectivity index (χ2v) is 6.87. The standard InChI is InChI=1S/C11H13BrF3NO3S/c1-8-2-3-10(9(12)6-8)20(18,19)16(4-5-17)7-11(13,14)15/h2-3,6,17H,4-5,7H2,1H3. The normalized spacial score (nSPS) is 12.9. The predicted octanol–water partition coefficient (Wildman–Crippen LogP) is 2.30. The molecule has 0 unspecified atom stereocenters. The molecule has 0 fully saturated rings. The predicted molar refractivity (Wildman–Crippen MR) is 70.8 cm³/mol. The molecule has 0 heterocycles. The number of benzene rings is 1. The number of hydrogen-bond donors (Lipinski definition) is 1. The lowest BCUT2D eigenvalue weighted by Crippen LogP contribution is -2.40. The third-order valence-corrected chi connectivity index (χ3v) is 5.23. The monoisotopic (exact) mass is 375 g/mol. The molecule has 0 aliphatic rings. The largest absolute Gasteiger partial charge is 0.402 e. The summed E-state index contributed by atoms with van der Waals surface area (Å²) in [6.45, 7) is -1.24. The van der Waals surface area contributed by atoms with Crippen molar-refractivity contribution in [1.82, 2.24) is 4.31 Å². The number of aliphatic hydroxyl groups excluding tert-OH is 1. The molecule has 1 rings (SSSR count). The summed E-state index contributed by atoms with van der Waals surface area (Å²) in [5, 5.41) is 8.77. The van der Waals surface area contributed by atoms with Crippen molar-refractivity contribution in [1.29, 1.82) is 0 Å². The number of nitrogens with zero attached hydrogens (tertiary/aromatic N) is 1. The number of halogens is 4. The molecule has 114 valence electrons. The van der Waals surface area contributed by atoms with Crippen LogP contribution in [-0.2, 0) is 10.0 Å². The second kappa shape index (κ2) is 6.42. The fourth-order valence-corrected chi connectivity index (χ4v) is 4.12. The molecule has 1 aromatic rings. The van der Waals surface area contributed by atoms with E-state index in [0.717, 1.165) is 5.56 Å². The summed E-state index contributed by atoms with van der Waals surface area (Å²) >= 11 is 3.03. The summed E-state index contributed by atoms with van der Waals surface area (Å²) in [4.78, 5) is -0.263. The number of aryl methyl sites for hydroxylation is 1. The maximum absolute atomic E-state index is 12.4. The van der Waals surface area contributed by atoms with Gasteiger partial charge in [0.2, 0.25) is 10.0 Å². The van der Waals surface area contributed by atoms with E-state index in [1.165, 1.54) is 18.2 Å². The van der Waals surface area contributed by atoms with Crippen LogP contribution >= 0.6 is 15.9 Å². The summed E-state index contributed by atoms with van der Waals surface area (Å²) < 4.78 is 62.1. The molecule has 20 heavy (non-hydrogen) atoms. The van der Waals surface area contributed by atoms with E-state index in [-0.39, 0.29) is 13.7 Å². The Labute approximate surface area is 123 Å². The van der Waals surface area contributed by atoms with E-state index in [9.17, 15) is 21.6 Å². The highest BCUT2D eigenvalue weighted by Gasteiger charge is 2.37. The average molecular weight is 376 g/mol. The quantitative estimate of drug-likeness (QED) is 0.858. The van der Waals surface area contributed by atoms with Crippen LogP contribution in [0.4, 0.5) is 13.2 Å². The average Bonchev–Trinajstić information content (AvgIpc) is 2.26. The molecule has 0 radical (unpaired) electrons. The van der Waals surface area contributed by atoms with Gasteiger partial charge in [0.1, 0.15) is 6.54 Å². The van der Waals surface area contributed by atoms with Gasteiger partial charge in [-0.3, -0.25) is 0 Å². The van der Waals surface area contributed by atoms with Crippen LogP contribution in [-0.4, -0.2) is 43.7 Å². The van der Waals surface area contributed by atoms with Crippen molar-refractivity contribution >= 4 is 26.0 Å². The molecule has 1 N–H and O–H groups in total. The smallest absolute Gasteiger partial charge is 0.395 e. The maximum Gasteiger partial charge on any atom is 0.402 e. The third-order valence-electron chi connectivity index (χ3n) is 2.41. The molecule has 0 aromatic heterocycles. The highest BCUT2D eigenvalue weighted by molar-refractivity contribution is 9.10. The first kappa shape index (κ1) is 17.4. The van der Waals surface area contributed by atoms with Crippen LogP contribution < -0.4 is 0 Å². The molecular formula is C11H13BrF3NO3S. The van der Waals surface area contributed by atoms with Crippen molar-refractivity contribution in [3.8, 4) is 0 Å². The lowest BCUT2D eigenvalue weighted by molar-refractivity contribution is -0.136. The Hall–Kier alpha value is -0.640. The van der Waals surface area contributed by atoms with Gasteiger partial charge in [-0.15, -0.1) is 0 Å². The van der Waals surface area contributed by atoms with Gasteiger partial charge >= 0.3 is 6.18 Å². The van der Waals surface area contributed by atoms with Gasteiger partial charge in [0.05, 0.1) is 11.5 Å². The van der Waals surface area contributed by atoms with Gasteiger partial charge < -0.3 is 5.11 Å². The van der Waals surface area contributed by atoms with Crippen molar-refractivity contribution in [2.45, 2.75) is 18.0 Å². The second-order valence-electron chi connectivity index (χ2n) is 4.11. The topological polar surface area (TPSA) is 57.6 Å². The number of alkyl halides is 3. The van der Waals surface area contributed by atoms with Crippen LogP contribution in [0.1, 0.15) is 5.56 Å². The summed E-state index contributed by atoms with van der Waals surface area (Å²) in [6, 6.07) is 4.22. The Morgan fingerprint density at radius 2 is 1.95 bits per heavy atom. The van der Waals surface area contributed by atoms with Gasteiger partial charge in [0, 0.05) is 11.0 Å². The van der Waals surface area contributed by atoms with Gasteiger partial charge in [-0.25, -0.2) is 8.42 Å². The van der Waals surface area contributed by atoms with E-state index in [2.05, 4.69) is 15.9 Å². The Kier molecular flexibility index (Phi) is 5.59. The fourth-order valence-electron chi connectivity index (χ4n) is 1.55. The first-order valence-corrected chi connectivity index (χ1v) is 7.75. The molecule has 0 aliphatic heterocycles. The Morgan fingerprint density at radius 3 is 2.40 bits per heavy atom.